The summed E-state index contributed by atoms with van der Waals surface area (Å²) in [5, 5.41) is 5.92. The van der Waals surface area contributed by atoms with Crippen LogP contribution in [0.5, 0.6) is 0 Å². The average molecular weight is 417 g/mol. The van der Waals surface area contributed by atoms with Gasteiger partial charge in [0.1, 0.15) is 5.54 Å². The molecule has 0 spiro atoms. The molecular formula is C22H25ClN2O4. The molecular weight excluding hydrogens is 392 g/mol. The van der Waals surface area contributed by atoms with Crippen LogP contribution < -0.4 is 10.6 Å². The van der Waals surface area contributed by atoms with Crippen molar-refractivity contribution < 1.29 is 19.1 Å². The summed E-state index contributed by atoms with van der Waals surface area (Å²) in [6, 6.07) is 15.2. The number of hydrogen-bond acceptors (Lipinski definition) is 4. The van der Waals surface area contributed by atoms with E-state index in [-0.39, 0.29) is 18.2 Å². The minimum Gasteiger partial charge on any atom is -0.467 e. The lowest BCUT2D eigenvalue weighted by molar-refractivity contribution is -0.150. The molecule has 0 bridgehead atoms. The van der Waals surface area contributed by atoms with E-state index >= 15 is 0 Å². The van der Waals surface area contributed by atoms with Crippen LogP contribution in [0.15, 0.2) is 54.6 Å². The van der Waals surface area contributed by atoms with Gasteiger partial charge in [-0.15, -0.1) is 0 Å². The molecule has 6 nitrogen and oxygen atoms in total. The van der Waals surface area contributed by atoms with E-state index in [0.717, 1.165) is 5.56 Å². The van der Waals surface area contributed by atoms with Gasteiger partial charge in [0.2, 0.25) is 5.91 Å². The van der Waals surface area contributed by atoms with E-state index in [1.807, 2.05) is 30.3 Å². The number of methoxy groups -OCH3 is 1. The standard InChI is InChI=1S/C22H25ClN2O4/c1-4-22(2,21(28)29-3)25-19(26)14-18(15-10-6-5-7-11-15)24-20(27)16-12-8-9-13-17(16)23/h5-13,18H,4,14H2,1-3H3,(H,24,27)(H,25,26). The summed E-state index contributed by atoms with van der Waals surface area (Å²) in [5.74, 6) is -1.29. The first-order valence-electron chi connectivity index (χ1n) is 9.30. The Morgan fingerprint density at radius 3 is 2.28 bits per heavy atom. The molecule has 0 aliphatic heterocycles. The molecule has 2 aromatic carbocycles. The summed E-state index contributed by atoms with van der Waals surface area (Å²) >= 11 is 6.12. The monoisotopic (exact) mass is 416 g/mol. The highest BCUT2D eigenvalue weighted by atomic mass is 35.5. The van der Waals surface area contributed by atoms with Gasteiger partial charge in [0.15, 0.2) is 0 Å². The van der Waals surface area contributed by atoms with Gasteiger partial charge in [-0.05, 0) is 31.0 Å². The SMILES string of the molecule is CCC(C)(NC(=O)CC(NC(=O)c1ccccc1Cl)c1ccccc1)C(=O)OC. The number of esters is 1. The van der Waals surface area contributed by atoms with Crippen LogP contribution >= 0.6 is 11.6 Å². The van der Waals surface area contributed by atoms with Gasteiger partial charge in [-0.3, -0.25) is 9.59 Å². The number of halogens is 1. The van der Waals surface area contributed by atoms with E-state index in [4.69, 9.17) is 16.3 Å². The molecule has 0 aliphatic rings. The normalized spacial score (nSPS) is 13.7. The van der Waals surface area contributed by atoms with Crippen molar-refractivity contribution in [2.24, 2.45) is 0 Å². The second-order valence-electron chi connectivity index (χ2n) is 6.85. The lowest BCUT2D eigenvalue weighted by atomic mass is 9.97. The number of rotatable bonds is 8. The fourth-order valence-electron chi connectivity index (χ4n) is 2.87. The minimum atomic E-state index is -1.14. The first kappa shape index (κ1) is 22.4. The van der Waals surface area contributed by atoms with Crippen molar-refractivity contribution in [3.63, 3.8) is 0 Å². The lowest BCUT2D eigenvalue weighted by Gasteiger charge is -2.28. The quantitative estimate of drug-likeness (QED) is 0.643. The van der Waals surface area contributed by atoms with Crippen molar-refractivity contribution in [1.82, 2.24) is 10.6 Å². The molecule has 2 N–H and O–H groups in total. The number of amides is 2. The number of carbonyl (C=O) groups is 3. The second-order valence-corrected chi connectivity index (χ2v) is 7.25. The highest BCUT2D eigenvalue weighted by molar-refractivity contribution is 6.33. The molecule has 0 fully saturated rings. The van der Waals surface area contributed by atoms with Gasteiger partial charge in [0, 0.05) is 0 Å². The Bertz CT molecular complexity index is 872. The van der Waals surface area contributed by atoms with Crippen LogP contribution in [-0.4, -0.2) is 30.4 Å². The largest absolute Gasteiger partial charge is 0.467 e. The van der Waals surface area contributed by atoms with Crippen LogP contribution in [0.1, 0.15) is 48.7 Å². The van der Waals surface area contributed by atoms with E-state index in [2.05, 4.69) is 10.6 Å². The predicted octanol–water partition coefficient (Wildman–Crippen LogP) is 3.66. The fraction of sp³-hybridized carbons (Fsp3) is 0.318. The van der Waals surface area contributed by atoms with Crippen LogP contribution in [0.3, 0.4) is 0 Å². The zero-order chi connectivity index (χ0) is 21.4. The zero-order valence-electron chi connectivity index (χ0n) is 16.7. The summed E-state index contributed by atoms with van der Waals surface area (Å²) in [6.07, 6.45) is 0.320. The molecule has 7 heteroatoms. The molecule has 29 heavy (non-hydrogen) atoms. The molecule has 0 radical (unpaired) electrons. The second kappa shape index (κ2) is 10.1. The number of nitrogens with one attached hydrogen (secondary N) is 2. The molecule has 0 aromatic heterocycles. The van der Waals surface area contributed by atoms with E-state index in [9.17, 15) is 14.4 Å². The molecule has 0 saturated carbocycles. The number of ether oxygens (including phenoxy) is 1. The zero-order valence-corrected chi connectivity index (χ0v) is 17.5. The highest BCUT2D eigenvalue weighted by Crippen LogP contribution is 2.21. The molecule has 2 amide bonds. The summed E-state index contributed by atoms with van der Waals surface area (Å²) in [6.45, 7) is 3.39. The van der Waals surface area contributed by atoms with Crippen molar-refractivity contribution in [2.45, 2.75) is 38.3 Å². The van der Waals surface area contributed by atoms with Gasteiger partial charge in [0.25, 0.3) is 5.91 Å². The van der Waals surface area contributed by atoms with Crippen molar-refractivity contribution >= 4 is 29.4 Å². The maximum absolute atomic E-state index is 12.7. The third-order valence-electron chi connectivity index (χ3n) is 4.77. The first-order chi connectivity index (χ1) is 13.8. The molecule has 0 saturated heterocycles. The minimum absolute atomic E-state index is 0.0488. The highest BCUT2D eigenvalue weighted by Gasteiger charge is 2.34. The summed E-state index contributed by atoms with van der Waals surface area (Å²) in [4.78, 5) is 37.5. The third-order valence-corrected chi connectivity index (χ3v) is 5.10. The van der Waals surface area contributed by atoms with Gasteiger partial charge in [-0.1, -0.05) is 61.0 Å². The Labute approximate surface area is 175 Å². The molecule has 2 aromatic rings. The third kappa shape index (κ3) is 5.81. The number of benzene rings is 2. The summed E-state index contributed by atoms with van der Waals surface area (Å²) in [5.41, 5.74) is -0.0532. The Hall–Kier alpha value is -2.86. The summed E-state index contributed by atoms with van der Waals surface area (Å²) in [7, 11) is 1.28. The van der Waals surface area contributed by atoms with E-state index < -0.39 is 17.6 Å². The Balaban J connectivity index is 2.21. The van der Waals surface area contributed by atoms with Gasteiger partial charge < -0.3 is 15.4 Å². The Morgan fingerprint density at radius 1 is 1.07 bits per heavy atom. The van der Waals surface area contributed by atoms with Crippen LogP contribution in [0.4, 0.5) is 0 Å². The van der Waals surface area contributed by atoms with Crippen LogP contribution in [0, 0.1) is 0 Å². The van der Waals surface area contributed by atoms with E-state index in [0.29, 0.717) is 17.0 Å². The topological polar surface area (TPSA) is 84.5 Å². The molecule has 2 unspecified atom stereocenters. The summed E-state index contributed by atoms with van der Waals surface area (Å²) < 4.78 is 4.79. The van der Waals surface area contributed by atoms with Crippen molar-refractivity contribution in [3.05, 3.63) is 70.7 Å². The Morgan fingerprint density at radius 2 is 1.69 bits per heavy atom. The van der Waals surface area contributed by atoms with Crippen molar-refractivity contribution in [2.75, 3.05) is 7.11 Å². The maximum atomic E-state index is 12.7. The van der Waals surface area contributed by atoms with Gasteiger partial charge in [-0.2, -0.15) is 0 Å². The van der Waals surface area contributed by atoms with E-state index in [1.54, 1.807) is 38.1 Å². The van der Waals surface area contributed by atoms with Gasteiger partial charge in [0.05, 0.1) is 30.2 Å². The number of carbonyl (C=O) groups excluding carboxylic acids is 3. The fourth-order valence-corrected chi connectivity index (χ4v) is 3.09. The van der Waals surface area contributed by atoms with E-state index in [1.165, 1.54) is 7.11 Å². The molecule has 0 aliphatic carbocycles. The van der Waals surface area contributed by atoms with Crippen LogP contribution in [0.2, 0.25) is 5.02 Å². The van der Waals surface area contributed by atoms with Gasteiger partial charge >= 0.3 is 5.97 Å². The number of hydrogen-bond donors (Lipinski definition) is 2. The molecule has 2 atom stereocenters. The predicted molar refractivity (Wildman–Crippen MR) is 112 cm³/mol. The first-order valence-corrected chi connectivity index (χ1v) is 9.68. The smallest absolute Gasteiger partial charge is 0.331 e. The Kier molecular flexibility index (Phi) is 7.79. The average Bonchev–Trinajstić information content (AvgIpc) is 2.73. The van der Waals surface area contributed by atoms with Crippen molar-refractivity contribution in [1.29, 1.82) is 0 Å². The van der Waals surface area contributed by atoms with Crippen LogP contribution in [0.25, 0.3) is 0 Å². The molecule has 2 rings (SSSR count). The maximum Gasteiger partial charge on any atom is 0.331 e. The lowest BCUT2D eigenvalue weighted by Crippen LogP contribution is -2.53. The van der Waals surface area contributed by atoms with Gasteiger partial charge in [-0.25, -0.2) is 4.79 Å². The van der Waals surface area contributed by atoms with Crippen LogP contribution in [-0.2, 0) is 14.3 Å². The van der Waals surface area contributed by atoms with Crippen molar-refractivity contribution in [3.8, 4) is 0 Å². The molecule has 154 valence electrons. The molecule has 0 heterocycles.